The van der Waals surface area contributed by atoms with Gasteiger partial charge in [-0.3, -0.25) is 4.99 Å². The Morgan fingerprint density at radius 2 is 1.39 bits per heavy atom. The molecule has 0 spiro atoms. The molecule has 0 aliphatic heterocycles. The fourth-order valence-corrected chi connectivity index (χ4v) is 2.54. The Hall–Kier alpha value is -2.87. The third-order valence-electron chi connectivity index (χ3n) is 3.79. The number of para-hydroxylation sites is 1. The number of hydrogen-bond donors (Lipinski definition) is 1. The Morgan fingerprint density at radius 3 is 2.09 bits per heavy atom. The Balaban J connectivity index is 1.88. The van der Waals surface area contributed by atoms with E-state index in [4.69, 9.17) is 4.99 Å². The van der Waals surface area contributed by atoms with Gasteiger partial charge in [-0.05, 0) is 29.7 Å². The first-order valence-corrected chi connectivity index (χ1v) is 7.73. The average molecular weight is 301 g/mol. The molecule has 2 nitrogen and oxygen atoms in total. The maximum absolute atomic E-state index is 9.89. The van der Waals surface area contributed by atoms with Gasteiger partial charge < -0.3 is 5.11 Å². The maximum Gasteiger partial charge on any atom is 0.124 e. The van der Waals surface area contributed by atoms with E-state index in [0.717, 1.165) is 12.0 Å². The van der Waals surface area contributed by atoms with Crippen molar-refractivity contribution in [2.24, 2.45) is 4.99 Å². The van der Waals surface area contributed by atoms with Crippen LogP contribution in [-0.4, -0.2) is 11.3 Å². The molecule has 3 aromatic rings. The Labute approximate surface area is 136 Å². The monoisotopic (exact) mass is 301 g/mol. The van der Waals surface area contributed by atoms with Gasteiger partial charge in [-0.1, -0.05) is 72.8 Å². The van der Waals surface area contributed by atoms with Crippen molar-refractivity contribution < 1.29 is 5.11 Å². The van der Waals surface area contributed by atoms with E-state index in [1.807, 2.05) is 54.6 Å². The van der Waals surface area contributed by atoms with Gasteiger partial charge in [0.1, 0.15) is 5.75 Å². The zero-order chi connectivity index (χ0) is 15.9. The minimum absolute atomic E-state index is 0.0261. The SMILES string of the molecule is Oc1ccccc1C=N[C@H](Cc1ccccc1)c1ccccc1. The van der Waals surface area contributed by atoms with Crippen molar-refractivity contribution in [3.05, 3.63) is 102 Å². The van der Waals surface area contributed by atoms with E-state index in [2.05, 4.69) is 24.3 Å². The van der Waals surface area contributed by atoms with Gasteiger partial charge in [-0.2, -0.15) is 0 Å². The van der Waals surface area contributed by atoms with Gasteiger partial charge in [0, 0.05) is 11.8 Å². The molecule has 2 heteroatoms. The molecule has 1 N–H and O–H groups in total. The lowest BCUT2D eigenvalue weighted by Crippen LogP contribution is -2.01. The van der Waals surface area contributed by atoms with Crippen molar-refractivity contribution in [1.29, 1.82) is 0 Å². The molecule has 1 atom stereocenters. The lowest BCUT2D eigenvalue weighted by Gasteiger charge is -2.13. The van der Waals surface area contributed by atoms with E-state index in [1.54, 1.807) is 12.3 Å². The molecule has 0 amide bonds. The number of benzene rings is 3. The second kappa shape index (κ2) is 7.41. The Bertz CT molecular complexity index is 766. The predicted molar refractivity (Wildman–Crippen MR) is 95.0 cm³/mol. The van der Waals surface area contributed by atoms with Crippen LogP contribution in [0.1, 0.15) is 22.7 Å². The van der Waals surface area contributed by atoms with E-state index in [-0.39, 0.29) is 11.8 Å². The third kappa shape index (κ3) is 4.07. The normalized spacial score (nSPS) is 12.3. The third-order valence-corrected chi connectivity index (χ3v) is 3.79. The number of rotatable bonds is 5. The molecule has 0 saturated heterocycles. The van der Waals surface area contributed by atoms with E-state index >= 15 is 0 Å². The molecule has 0 radical (unpaired) electrons. The molecular weight excluding hydrogens is 282 g/mol. The van der Waals surface area contributed by atoms with Gasteiger partial charge in [0.15, 0.2) is 0 Å². The summed E-state index contributed by atoms with van der Waals surface area (Å²) in [5.74, 6) is 0.253. The lowest BCUT2D eigenvalue weighted by atomic mass is 9.99. The van der Waals surface area contributed by atoms with E-state index in [9.17, 15) is 5.11 Å². The van der Waals surface area contributed by atoms with Crippen molar-refractivity contribution in [2.75, 3.05) is 0 Å². The maximum atomic E-state index is 9.89. The number of nitrogens with zero attached hydrogens (tertiary/aromatic N) is 1. The summed E-state index contributed by atoms with van der Waals surface area (Å²) in [5, 5.41) is 9.89. The minimum Gasteiger partial charge on any atom is -0.507 e. The highest BCUT2D eigenvalue weighted by molar-refractivity contribution is 5.83. The number of aliphatic imine (C=N–C) groups is 1. The molecule has 0 bridgehead atoms. The van der Waals surface area contributed by atoms with E-state index in [1.165, 1.54) is 11.1 Å². The molecule has 0 heterocycles. The summed E-state index contributed by atoms with van der Waals surface area (Å²) in [6.07, 6.45) is 2.59. The van der Waals surface area contributed by atoms with E-state index in [0.29, 0.717) is 0 Å². The highest BCUT2D eigenvalue weighted by atomic mass is 16.3. The van der Waals surface area contributed by atoms with Crippen molar-refractivity contribution in [3.8, 4) is 5.75 Å². The first-order valence-electron chi connectivity index (χ1n) is 7.73. The van der Waals surface area contributed by atoms with Crippen molar-refractivity contribution in [1.82, 2.24) is 0 Å². The summed E-state index contributed by atoms with van der Waals surface area (Å²) >= 11 is 0. The van der Waals surface area contributed by atoms with Gasteiger partial charge in [0.05, 0.1) is 6.04 Å². The molecule has 3 rings (SSSR count). The van der Waals surface area contributed by atoms with Gasteiger partial charge in [-0.25, -0.2) is 0 Å². The quantitative estimate of drug-likeness (QED) is 0.675. The van der Waals surface area contributed by atoms with Gasteiger partial charge in [-0.15, -0.1) is 0 Å². The topological polar surface area (TPSA) is 32.6 Å². The molecule has 3 aromatic carbocycles. The molecule has 0 aliphatic rings. The zero-order valence-corrected chi connectivity index (χ0v) is 12.8. The van der Waals surface area contributed by atoms with Gasteiger partial charge in [0.25, 0.3) is 0 Å². The summed E-state index contributed by atoms with van der Waals surface area (Å²) in [5.41, 5.74) is 3.15. The largest absolute Gasteiger partial charge is 0.507 e. The fraction of sp³-hybridized carbons (Fsp3) is 0.0952. The number of hydrogen-bond acceptors (Lipinski definition) is 2. The fourth-order valence-electron chi connectivity index (χ4n) is 2.54. The van der Waals surface area contributed by atoms with Gasteiger partial charge in [0.2, 0.25) is 0 Å². The second-order valence-corrected chi connectivity index (χ2v) is 5.45. The molecule has 0 aliphatic carbocycles. The van der Waals surface area contributed by atoms with Crippen LogP contribution >= 0.6 is 0 Å². The van der Waals surface area contributed by atoms with Crippen LogP contribution in [-0.2, 0) is 6.42 Å². The van der Waals surface area contributed by atoms with E-state index < -0.39 is 0 Å². The van der Waals surface area contributed by atoms with Crippen molar-refractivity contribution in [3.63, 3.8) is 0 Å². The summed E-state index contributed by atoms with van der Waals surface area (Å²) in [6.45, 7) is 0. The number of aromatic hydroxyl groups is 1. The summed E-state index contributed by atoms with van der Waals surface area (Å²) in [6, 6.07) is 27.9. The summed E-state index contributed by atoms with van der Waals surface area (Å²) in [4.78, 5) is 4.74. The molecule has 114 valence electrons. The highest BCUT2D eigenvalue weighted by Crippen LogP contribution is 2.23. The average Bonchev–Trinajstić information content (AvgIpc) is 2.61. The molecule has 0 fully saturated rings. The van der Waals surface area contributed by atoms with Crippen molar-refractivity contribution in [2.45, 2.75) is 12.5 Å². The standard InChI is InChI=1S/C21H19NO/c23-21-14-8-7-13-19(21)16-22-20(18-11-5-2-6-12-18)15-17-9-3-1-4-10-17/h1-14,16,20,23H,15H2/t20-/m1/s1. The van der Waals surface area contributed by atoms with Crippen LogP contribution in [0.15, 0.2) is 89.9 Å². The first-order chi connectivity index (χ1) is 11.3. The van der Waals surface area contributed by atoms with Crippen LogP contribution in [0.2, 0.25) is 0 Å². The second-order valence-electron chi connectivity index (χ2n) is 5.45. The summed E-state index contributed by atoms with van der Waals surface area (Å²) in [7, 11) is 0. The van der Waals surface area contributed by atoms with Gasteiger partial charge >= 0.3 is 0 Å². The molecule has 0 saturated carbocycles. The zero-order valence-electron chi connectivity index (χ0n) is 12.8. The number of phenols is 1. The molecule has 0 unspecified atom stereocenters. The van der Waals surface area contributed by atoms with Crippen molar-refractivity contribution >= 4 is 6.21 Å². The van der Waals surface area contributed by atoms with Crippen LogP contribution in [0.4, 0.5) is 0 Å². The smallest absolute Gasteiger partial charge is 0.124 e. The van der Waals surface area contributed by atoms with Crippen LogP contribution in [0.3, 0.4) is 0 Å². The highest BCUT2D eigenvalue weighted by Gasteiger charge is 2.10. The van der Waals surface area contributed by atoms with Crippen LogP contribution in [0, 0.1) is 0 Å². The van der Waals surface area contributed by atoms with Crippen LogP contribution in [0.5, 0.6) is 5.75 Å². The number of phenolic OH excluding ortho intramolecular Hbond substituents is 1. The molecule has 23 heavy (non-hydrogen) atoms. The predicted octanol–water partition coefficient (Wildman–Crippen LogP) is 4.80. The first kappa shape index (κ1) is 15.0. The minimum atomic E-state index is 0.0261. The molecule has 0 aromatic heterocycles. The van der Waals surface area contributed by atoms with Crippen LogP contribution in [0.25, 0.3) is 0 Å². The summed E-state index contributed by atoms with van der Waals surface area (Å²) < 4.78 is 0. The van der Waals surface area contributed by atoms with Crippen LogP contribution < -0.4 is 0 Å². The Morgan fingerprint density at radius 1 is 0.783 bits per heavy atom. The Kier molecular flexibility index (Phi) is 4.85. The lowest BCUT2D eigenvalue weighted by molar-refractivity contribution is 0.474. The molecular formula is C21H19NO.